The van der Waals surface area contributed by atoms with Crippen molar-refractivity contribution < 1.29 is 4.79 Å². The van der Waals surface area contributed by atoms with Crippen LogP contribution in [0.5, 0.6) is 0 Å². The first kappa shape index (κ1) is 12.8. The first-order valence-electron chi connectivity index (χ1n) is 5.46. The SMILES string of the molecule is Cc1cc(CNCC(=O)N(C)C)c(C)n1C. The summed E-state index contributed by atoms with van der Waals surface area (Å²) in [5.41, 5.74) is 3.75. The molecule has 0 bridgehead atoms. The zero-order valence-corrected chi connectivity index (χ0v) is 10.8. The fraction of sp³-hybridized carbons (Fsp3) is 0.583. The predicted octanol–water partition coefficient (Wildman–Crippen LogP) is 0.820. The lowest BCUT2D eigenvalue weighted by molar-refractivity contribution is -0.127. The monoisotopic (exact) mass is 223 g/mol. The molecule has 0 aliphatic rings. The molecule has 1 rings (SSSR count). The van der Waals surface area contributed by atoms with Gasteiger partial charge in [-0.15, -0.1) is 0 Å². The molecule has 0 fully saturated rings. The van der Waals surface area contributed by atoms with E-state index < -0.39 is 0 Å². The summed E-state index contributed by atoms with van der Waals surface area (Å²) >= 11 is 0. The normalized spacial score (nSPS) is 10.6. The zero-order valence-electron chi connectivity index (χ0n) is 10.8. The van der Waals surface area contributed by atoms with Crippen LogP contribution in [0.3, 0.4) is 0 Å². The molecule has 1 aromatic rings. The van der Waals surface area contributed by atoms with Gasteiger partial charge in [-0.3, -0.25) is 4.79 Å². The summed E-state index contributed by atoms with van der Waals surface area (Å²) in [6.45, 7) is 5.31. The minimum Gasteiger partial charge on any atom is -0.352 e. The van der Waals surface area contributed by atoms with Crippen molar-refractivity contribution in [2.24, 2.45) is 7.05 Å². The van der Waals surface area contributed by atoms with E-state index in [2.05, 4.69) is 36.8 Å². The van der Waals surface area contributed by atoms with Crippen LogP contribution in [0.2, 0.25) is 0 Å². The molecule has 16 heavy (non-hydrogen) atoms. The number of likely N-dealkylation sites (N-methyl/N-ethyl adjacent to an activating group) is 1. The highest BCUT2D eigenvalue weighted by atomic mass is 16.2. The van der Waals surface area contributed by atoms with E-state index in [9.17, 15) is 4.79 Å². The molecule has 1 amide bonds. The maximum atomic E-state index is 11.3. The lowest BCUT2D eigenvalue weighted by Crippen LogP contribution is -2.32. The molecule has 4 nitrogen and oxygen atoms in total. The summed E-state index contributed by atoms with van der Waals surface area (Å²) in [5.74, 6) is 0.102. The molecule has 0 radical (unpaired) electrons. The lowest BCUT2D eigenvalue weighted by Gasteiger charge is -2.10. The third-order valence-electron chi connectivity index (χ3n) is 2.97. The van der Waals surface area contributed by atoms with Crippen molar-refractivity contribution in [1.29, 1.82) is 0 Å². The average molecular weight is 223 g/mol. The van der Waals surface area contributed by atoms with E-state index in [1.165, 1.54) is 17.0 Å². The van der Waals surface area contributed by atoms with Gasteiger partial charge < -0.3 is 14.8 Å². The van der Waals surface area contributed by atoms with Gasteiger partial charge >= 0.3 is 0 Å². The van der Waals surface area contributed by atoms with Gasteiger partial charge in [-0.2, -0.15) is 0 Å². The van der Waals surface area contributed by atoms with Crippen LogP contribution in [0.4, 0.5) is 0 Å². The topological polar surface area (TPSA) is 37.3 Å². The number of aromatic nitrogens is 1. The van der Waals surface area contributed by atoms with Gasteiger partial charge in [0.05, 0.1) is 6.54 Å². The second kappa shape index (κ2) is 5.16. The number of nitrogens with one attached hydrogen (secondary N) is 1. The summed E-state index contributed by atoms with van der Waals surface area (Å²) in [6, 6.07) is 2.16. The molecule has 0 atom stereocenters. The zero-order chi connectivity index (χ0) is 12.3. The van der Waals surface area contributed by atoms with E-state index in [1.807, 2.05) is 0 Å². The van der Waals surface area contributed by atoms with Crippen LogP contribution >= 0.6 is 0 Å². The van der Waals surface area contributed by atoms with E-state index in [0.29, 0.717) is 6.54 Å². The van der Waals surface area contributed by atoms with Crippen molar-refractivity contribution in [3.05, 3.63) is 23.0 Å². The average Bonchev–Trinajstić information content (AvgIpc) is 2.46. The van der Waals surface area contributed by atoms with Gasteiger partial charge in [-0.05, 0) is 25.5 Å². The Morgan fingerprint density at radius 1 is 1.44 bits per heavy atom. The van der Waals surface area contributed by atoms with Crippen molar-refractivity contribution >= 4 is 5.91 Å². The summed E-state index contributed by atoms with van der Waals surface area (Å²) in [5, 5.41) is 3.16. The largest absolute Gasteiger partial charge is 0.352 e. The smallest absolute Gasteiger partial charge is 0.236 e. The third-order valence-corrected chi connectivity index (χ3v) is 2.97. The Morgan fingerprint density at radius 3 is 2.50 bits per heavy atom. The molecule has 1 N–H and O–H groups in total. The van der Waals surface area contributed by atoms with Crippen LogP contribution in [-0.4, -0.2) is 36.0 Å². The van der Waals surface area contributed by atoms with Crippen molar-refractivity contribution in [2.75, 3.05) is 20.6 Å². The quantitative estimate of drug-likeness (QED) is 0.820. The maximum absolute atomic E-state index is 11.3. The van der Waals surface area contributed by atoms with E-state index in [1.54, 1.807) is 19.0 Å². The number of hydrogen-bond acceptors (Lipinski definition) is 2. The van der Waals surface area contributed by atoms with Gasteiger partial charge in [0.25, 0.3) is 0 Å². The van der Waals surface area contributed by atoms with Gasteiger partial charge in [0.2, 0.25) is 5.91 Å². The van der Waals surface area contributed by atoms with E-state index in [4.69, 9.17) is 0 Å². The van der Waals surface area contributed by atoms with Crippen molar-refractivity contribution in [2.45, 2.75) is 20.4 Å². The van der Waals surface area contributed by atoms with Gasteiger partial charge in [-0.25, -0.2) is 0 Å². The summed E-state index contributed by atoms with van der Waals surface area (Å²) < 4.78 is 2.16. The van der Waals surface area contributed by atoms with Gasteiger partial charge in [-0.1, -0.05) is 0 Å². The predicted molar refractivity (Wildman–Crippen MR) is 65.3 cm³/mol. The second-order valence-electron chi connectivity index (χ2n) is 4.35. The fourth-order valence-electron chi connectivity index (χ4n) is 1.57. The van der Waals surface area contributed by atoms with Crippen molar-refractivity contribution in [3.8, 4) is 0 Å². The molecular formula is C12H21N3O. The number of amides is 1. The van der Waals surface area contributed by atoms with Crippen LogP contribution in [0.25, 0.3) is 0 Å². The molecule has 0 saturated carbocycles. The second-order valence-corrected chi connectivity index (χ2v) is 4.35. The molecule has 0 spiro atoms. The molecule has 0 aliphatic heterocycles. The Balaban J connectivity index is 2.49. The van der Waals surface area contributed by atoms with Gasteiger partial charge in [0.15, 0.2) is 0 Å². The number of rotatable bonds is 4. The van der Waals surface area contributed by atoms with Gasteiger partial charge in [0, 0.05) is 39.1 Å². The van der Waals surface area contributed by atoms with E-state index in [0.717, 1.165) is 6.54 Å². The Labute approximate surface area is 97.2 Å². The number of aryl methyl sites for hydroxylation is 1. The highest BCUT2D eigenvalue weighted by molar-refractivity contribution is 5.77. The minimum atomic E-state index is 0.102. The molecular weight excluding hydrogens is 202 g/mol. The van der Waals surface area contributed by atoms with Crippen LogP contribution < -0.4 is 5.32 Å². The standard InChI is InChI=1S/C12H21N3O/c1-9-6-11(10(2)15(9)5)7-13-8-12(16)14(3)4/h6,13H,7-8H2,1-5H3. The number of nitrogens with zero attached hydrogens (tertiary/aromatic N) is 2. The molecule has 0 saturated heterocycles. The van der Waals surface area contributed by atoms with Gasteiger partial charge in [0.1, 0.15) is 0 Å². The molecule has 4 heteroatoms. The van der Waals surface area contributed by atoms with Crippen LogP contribution in [0, 0.1) is 13.8 Å². The summed E-state index contributed by atoms with van der Waals surface area (Å²) in [7, 11) is 5.59. The Morgan fingerprint density at radius 2 is 2.06 bits per heavy atom. The molecule has 1 heterocycles. The third kappa shape index (κ3) is 2.85. The fourth-order valence-corrected chi connectivity index (χ4v) is 1.57. The number of carbonyl (C=O) groups excluding carboxylic acids is 1. The Kier molecular flexibility index (Phi) is 4.12. The Bertz CT molecular complexity index is 380. The maximum Gasteiger partial charge on any atom is 0.236 e. The molecule has 1 aromatic heterocycles. The molecule has 0 aromatic carbocycles. The van der Waals surface area contributed by atoms with Crippen LogP contribution in [0.15, 0.2) is 6.07 Å². The van der Waals surface area contributed by atoms with Crippen LogP contribution in [0.1, 0.15) is 17.0 Å². The first-order valence-corrected chi connectivity index (χ1v) is 5.46. The molecule has 0 aliphatic carbocycles. The highest BCUT2D eigenvalue weighted by Crippen LogP contribution is 2.12. The number of hydrogen-bond donors (Lipinski definition) is 1. The van der Waals surface area contributed by atoms with Crippen molar-refractivity contribution in [1.82, 2.24) is 14.8 Å². The Hall–Kier alpha value is -1.29. The number of carbonyl (C=O) groups is 1. The van der Waals surface area contributed by atoms with Crippen LogP contribution in [-0.2, 0) is 18.4 Å². The minimum absolute atomic E-state index is 0.102. The lowest BCUT2D eigenvalue weighted by atomic mass is 10.2. The van der Waals surface area contributed by atoms with Crippen molar-refractivity contribution in [3.63, 3.8) is 0 Å². The van der Waals surface area contributed by atoms with E-state index >= 15 is 0 Å². The summed E-state index contributed by atoms with van der Waals surface area (Å²) in [4.78, 5) is 12.9. The first-order chi connectivity index (χ1) is 7.43. The summed E-state index contributed by atoms with van der Waals surface area (Å²) in [6.07, 6.45) is 0. The highest BCUT2D eigenvalue weighted by Gasteiger charge is 2.07. The molecule has 0 unspecified atom stereocenters. The molecule has 90 valence electrons. The van der Waals surface area contributed by atoms with E-state index in [-0.39, 0.29) is 5.91 Å².